The maximum atomic E-state index is 14.1. The van der Waals surface area contributed by atoms with Crippen molar-refractivity contribution in [2.45, 2.75) is 194 Å². The lowest BCUT2D eigenvalue weighted by Gasteiger charge is -2.47. The Morgan fingerprint density at radius 3 is 2.40 bits per heavy atom. The molecule has 12 heteroatoms. The van der Waals surface area contributed by atoms with Crippen LogP contribution in [-0.2, 0) is 47.4 Å². The molecular weight excluding hydrogens is 682 g/mol. The number of hydrogen-bond donors (Lipinski definition) is 2. The minimum Gasteiger partial charge on any atom is -0.392 e. The summed E-state index contributed by atoms with van der Waals surface area (Å²) in [5.41, 5.74) is 8.01. The fourth-order valence-electron chi connectivity index (χ4n) is 11.0. The predicted molar refractivity (Wildman–Crippen MR) is 193 cm³/mol. The summed E-state index contributed by atoms with van der Waals surface area (Å²) in [4.78, 5) is 14.1. The van der Waals surface area contributed by atoms with Crippen molar-refractivity contribution in [1.29, 1.82) is 0 Å². The monoisotopic (exact) mass is 745 g/mol. The van der Waals surface area contributed by atoms with Gasteiger partial charge in [0, 0.05) is 71.6 Å². The van der Waals surface area contributed by atoms with Gasteiger partial charge in [-0.25, -0.2) is 0 Å². The Morgan fingerprint density at radius 2 is 1.60 bits per heavy atom. The summed E-state index contributed by atoms with van der Waals surface area (Å²) >= 11 is 0. The Balaban J connectivity index is 1.06. The van der Waals surface area contributed by atoms with E-state index in [0.29, 0.717) is 38.5 Å². The van der Waals surface area contributed by atoms with Gasteiger partial charge in [-0.3, -0.25) is 4.79 Å². The van der Waals surface area contributed by atoms with Crippen molar-refractivity contribution < 1.29 is 52.5 Å². The third kappa shape index (κ3) is 7.86. The first-order valence-corrected chi connectivity index (χ1v) is 20.5. The smallest absolute Gasteiger partial charge is 0.172 e. The van der Waals surface area contributed by atoms with Crippen LogP contribution in [0.4, 0.5) is 0 Å². The van der Waals surface area contributed by atoms with E-state index in [9.17, 15) is 9.90 Å². The molecular formula is C41H63NO11. The molecule has 0 aromatic heterocycles. The van der Waals surface area contributed by atoms with Crippen LogP contribution in [0.15, 0.2) is 24.3 Å². The Hall–Kier alpha value is -1.29. The van der Waals surface area contributed by atoms with E-state index in [1.807, 2.05) is 0 Å². The van der Waals surface area contributed by atoms with Crippen LogP contribution in [0, 0.1) is 11.8 Å². The summed E-state index contributed by atoms with van der Waals surface area (Å²) in [5, 5.41) is 10.5. The van der Waals surface area contributed by atoms with Crippen molar-refractivity contribution >= 4 is 5.78 Å². The van der Waals surface area contributed by atoms with Crippen LogP contribution in [0.5, 0.6) is 0 Å². The van der Waals surface area contributed by atoms with E-state index >= 15 is 0 Å². The lowest BCUT2D eigenvalue weighted by atomic mass is 9.81. The molecule has 18 atom stereocenters. The molecule has 8 fully saturated rings. The Morgan fingerprint density at radius 1 is 0.811 bits per heavy atom. The highest BCUT2D eigenvalue weighted by molar-refractivity contribution is 5.79. The fraction of sp³-hybridized carbons (Fsp3) is 0.878. The van der Waals surface area contributed by atoms with Gasteiger partial charge in [0.2, 0.25) is 0 Å². The van der Waals surface area contributed by atoms with Gasteiger partial charge >= 0.3 is 0 Å². The normalized spacial score (nSPS) is 49.6. The highest BCUT2D eigenvalue weighted by Gasteiger charge is 2.60. The first kappa shape index (κ1) is 38.6. The van der Waals surface area contributed by atoms with Crippen molar-refractivity contribution in [1.82, 2.24) is 0 Å². The molecule has 3 N–H and O–H groups in total. The van der Waals surface area contributed by atoms with E-state index in [1.54, 1.807) is 14.2 Å². The topological polar surface area (TPSA) is 146 Å². The third-order valence-corrected chi connectivity index (χ3v) is 13.9. The number of ether oxygens (including phenoxy) is 9. The zero-order valence-corrected chi connectivity index (χ0v) is 31.9. The number of rotatable bonds is 5. The number of aliphatic hydroxyl groups excluding tert-OH is 1. The molecule has 8 rings (SSSR count). The molecule has 8 heterocycles. The van der Waals surface area contributed by atoms with Crippen LogP contribution >= 0.6 is 0 Å². The third-order valence-electron chi connectivity index (χ3n) is 13.9. The molecule has 298 valence electrons. The molecule has 12 nitrogen and oxygen atoms in total. The lowest BCUT2D eigenvalue weighted by Crippen LogP contribution is -2.58. The van der Waals surface area contributed by atoms with E-state index < -0.39 is 18.0 Å². The summed E-state index contributed by atoms with van der Waals surface area (Å²) in [6, 6.07) is 0. The molecule has 1 spiro atoms. The summed E-state index contributed by atoms with van der Waals surface area (Å²) < 4.78 is 59.5. The van der Waals surface area contributed by atoms with Crippen molar-refractivity contribution in [3.05, 3.63) is 24.3 Å². The maximum Gasteiger partial charge on any atom is 0.172 e. The molecule has 8 saturated heterocycles. The second-order valence-electron chi connectivity index (χ2n) is 17.4. The van der Waals surface area contributed by atoms with Gasteiger partial charge in [0.05, 0.1) is 79.4 Å². The average Bonchev–Trinajstić information content (AvgIpc) is 3.77. The number of fused-ring (bicyclic) bond motifs is 9. The molecule has 12 unspecified atom stereocenters. The molecule has 8 aliphatic heterocycles. The highest BCUT2D eigenvalue weighted by atomic mass is 16.7. The van der Waals surface area contributed by atoms with Gasteiger partial charge in [-0.1, -0.05) is 20.1 Å². The molecule has 0 radical (unpaired) electrons. The van der Waals surface area contributed by atoms with Crippen LogP contribution in [0.3, 0.4) is 0 Å². The standard InChI is InChI=1S/C41H63NO11/c1-21-12-26-6-8-30-22(2)13-28(47-30)10-11-41-19-37(45-4)40(53-41)35-18-36(52-41)39-31(50-35)9-7-27(49-39)14-24(43)15-29-33(17-32(48-26)23(21)3)51-34(38(29)46-5)16-25(44)20-42/h21,25-40,44H,2-3,6-20,42H2,1,4-5H3/t21-,25?,26?,27?,28?,29?,30?,31?,32?,33+,34?,35-,36?,37-,38-,39+,40?,41?/m1/s1. The number of nitrogens with two attached hydrogens (primary N) is 1. The maximum absolute atomic E-state index is 14.1. The number of hydrogen-bond acceptors (Lipinski definition) is 12. The van der Waals surface area contributed by atoms with Gasteiger partial charge in [0.25, 0.3) is 0 Å². The quantitative estimate of drug-likeness (QED) is 0.391. The van der Waals surface area contributed by atoms with Crippen LogP contribution < -0.4 is 5.73 Å². The fourth-order valence-corrected chi connectivity index (χ4v) is 11.0. The number of aliphatic hydroxyl groups is 1. The van der Waals surface area contributed by atoms with Crippen molar-refractivity contribution in [2.24, 2.45) is 17.6 Å². The van der Waals surface area contributed by atoms with Crippen LogP contribution in [0.1, 0.15) is 96.8 Å². The lowest BCUT2D eigenvalue weighted by molar-refractivity contribution is -0.277. The summed E-state index contributed by atoms with van der Waals surface area (Å²) in [5.74, 6) is -0.653. The summed E-state index contributed by atoms with van der Waals surface area (Å²) in [6.07, 6.45) is 5.80. The molecule has 0 saturated carbocycles. The SMILES string of the molecule is C=C1CC2CCC34C[C@@H](OC)C(O3)[C@H]3CC(O4)[C@H]4OC(CCC4O3)CC(=O)CC3[C@@H](OC)C(CC(O)CN)O[C@H]3CC3OC(CCC1O2)C[C@@H](C)C3=C. The Labute approximate surface area is 314 Å². The molecule has 0 aliphatic carbocycles. The van der Waals surface area contributed by atoms with Gasteiger partial charge in [0.1, 0.15) is 18.0 Å². The highest BCUT2D eigenvalue weighted by Crippen LogP contribution is 2.50. The van der Waals surface area contributed by atoms with Crippen LogP contribution in [0.25, 0.3) is 0 Å². The largest absolute Gasteiger partial charge is 0.392 e. The van der Waals surface area contributed by atoms with Crippen molar-refractivity contribution in [2.75, 3.05) is 20.8 Å². The molecule has 53 heavy (non-hydrogen) atoms. The van der Waals surface area contributed by atoms with Gasteiger partial charge in [0.15, 0.2) is 5.79 Å². The number of Topliss-reactive ketones (excluding diaryl/α,β-unsaturated/α-hetero) is 1. The van der Waals surface area contributed by atoms with E-state index in [-0.39, 0.29) is 110 Å². The molecule has 0 amide bonds. The van der Waals surface area contributed by atoms with Crippen molar-refractivity contribution in [3.8, 4) is 0 Å². The van der Waals surface area contributed by atoms with Crippen LogP contribution in [0.2, 0.25) is 0 Å². The zero-order valence-electron chi connectivity index (χ0n) is 31.9. The molecule has 0 aromatic carbocycles. The van der Waals surface area contributed by atoms with E-state index in [1.165, 1.54) is 0 Å². The van der Waals surface area contributed by atoms with Gasteiger partial charge < -0.3 is 53.5 Å². The molecule has 8 aliphatic rings. The zero-order chi connectivity index (χ0) is 37.0. The van der Waals surface area contributed by atoms with E-state index in [4.69, 9.17) is 48.4 Å². The number of carbonyl (C=O) groups excluding carboxylic acids is 1. The number of methoxy groups -OCH3 is 2. The Bertz CT molecular complexity index is 1350. The molecule has 10 bridgehead atoms. The minimum absolute atomic E-state index is 0.0245. The summed E-state index contributed by atoms with van der Waals surface area (Å²) in [7, 11) is 3.40. The first-order chi connectivity index (χ1) is 25.5. The van der Waals surface area contributed by atoms with E-state index in [2.05, 4.69) is 20.1 Å². The minimum atomic E-state index is -0.820. The van der Waals surface area contributed by atoms with E-state index in [0.717, 1.165) is 56.1 Å². The first-order valence-electron chi connectivity index (χ1n) is 20.5. The molecule has 0 aromatic rings. The number of carbonyl (C=O) groups is 1. The van der Waals surface area contributed by atoms with Crippen molar-refractivity contribution in [3.63, 3.8) is 0 Å². The van der Waals surface area contributed by atoms with Crippen LogP contribution in [-0.4, -0.2) is 129 Å². The van der Waals surface area contributed by atoms with Gasteiger partial charge in [-0.05, 0) is 62.0 Å². The number of ketones is 1. The predicted octanol–water partition coefficient (Wildman–Crippen LogP) is 4.08. The average molecular weight is 746 g/mol. The summed E-state index contributed by atoms with van der Waals surface area (Å²) in [6.45, 7) is 11.3. The second-order valence-corrected chi connectivity index (χ2v) is 17.4. The Kier molecular flexibility index (Phi) is 11.6. The second kappa shape index (κ2) is 15.9. The van der Waals surface area contributed by atoms with Gasteiger partial charge in [-0.2, -0.15) is 0 Å². The van der Waals surface area contributed by atoms with Gasteiger partial charge in [-0.15, -0.1) is 0 Å².